The van der Waals surface area contributed by atoms with Gasteiger partial charge in [-0.3, -0.25) is 10.1 Å². The van der Waals surface area contributed by atoms with Crippen LogP contribution in [-0.2, 0) is 5.41 Å². The molecule has 0 bridgehead atoms. The van der Waals surface area contributed by atoms with Gasteiger partial charge in [0.2, 0.25) is 0 Å². The molecule has 2 rings (SSSR count). The Morgan fingerprint density at radius 1 is 1.04 bits per heavy atom. The summed E-state index contributed by atoms with van der Waals surface area (Å²) < 4.78 is 13.2. The van der Waals surface area contributed by atoms with Gasteiger partial charge in [-0.2, -0.15) is 0 Å². The maximum absolute atomic E-state index is 13.2. The molecule has 0 radical (unpaired) electrons. The van der Waals surface area contributed by atoms with Gasteiger partial charge in [-0.25, -0.2) is 4.39 Å². The fourth-order valence-electron chi connectivity index (χ4n) is 3.29. The highest BCUT2D eigenvalue weighted by molar-refractivity contribution is 5.58. The van der Waals surface area contributed by atoms with E-state index in [0.717, 1.165) is 24.1 Å². The number of nitrogens with zero attached hydrogens (tertiary/aromatic N) is 3. The number of rotatable bonds is 5. The van der Waals surface area contributed by atoms with Crippen LogP contribution in [0.25, 0.3) is 0 Å². The Balaban J connectivity index is 2.41. The van der Waals surface area contributed by atoms with E-state index in [1.807, 2.05) is 6.07 Å². The predicted molar refractivity (Wildman–Crippen MR) is 102 cm³/mol. The van der Waals surface area contributed by atoms with Crippen LogP contribution in [0.4, 0.5) is 21.5 Å². The summed E-state index contributed by atoms with van der Waals surface area (Å²) in [5, 5.41) is 29.0. The van der Waals surface area contributed by atoms with Gasteiger partial charge in [0.15, 0.2) is 5.69 Å². The van der Waals surface area contributed by atoms with E-state index >= 15 is 0 Å². The number of azo groups is 1. The van der Waals surface area contributed by atoms with Gasteiger partial charge in [0, 0.05) is 0 Å². The van der Waals surface area contributed by atoms with Crippen molar-refractivity contribution in [3.05, 3.63) is 57.9 Å². The van der Waals surface area contributed by atoms with E-state index in [9.17, 15) is 19.6 Å². The van der Waals surface area contributed by atoms with E-state index in [-0.39, 0.29) is 28.0 Å². The molecule has 0 fully saturated rings. The van der Waals surface area contributed by atoms with E-state index in [1.165, 1.54) is 12.1 Å². The summed E-state index contributed by atoms with van der Waals surface area (Å²) in [5.74, 6) is -0.812. The van der Waals surface area contributed by atoms with E-state index in [1.54, 1.807) is 6.07 Å². The van der Waals surface area contributed by atoms with Crippen molar-refractivity contribution in [3.63, 3.8) is 0 Å². The molecule has 144 valence electrons. The van der Waals surface area contributed by atoms with Crippen molar-refractivity contribution in [1.29, 1.82) is 0 Å². The third-order valence-corrected chi connectivity index (χ3v) is 4.13. The molecule has 27 heavy (non-hydrogen) atoms. The fourth-order valence-corrected chi connectivity index (χ4v) is 3.29. The van der Waals surface area contributed by atoms with Crippen molar-refractivity contribution < 1.29 is 14.4 Å². The molecule has 0 atom stereocenters. The summed E-state index contributed by atoms with van der Waals surface area (Å²) in [6.45, 7) is 10.7. The lowest BCUT2D eigenvalue weighted by Gasteiger charge is -2.33. The zero-order chi connectivity index (χ0) is 20.4. The van der Waals surface area contributed by atoms with Crippen LogP contribution < -0.4 is 0 Å². The molecule has 0 aromatic heterocycles. The Morgan fingerprint density at radius 2 is 1.67 bits per heavy atom. The number of hydrogen-bond donors (Lipinski definition) is 1. The Bertz CT molecular complexity index is 887. The summed E-state index contributed by atoms with van der Waals surface area (Å²) in [5.41, 5.74) is 0.545. The summed E-state index contributed by atoms with van der Waals surface area (Å²) >= 11 is 0. The van der Waals surface area contributed by atoms with E-state index in [0.29, 0.717) is 0 Å². The van der Waals surface area contributed by atoms with E-state index in [2.05, 4.69) is 44.8 Å². The van der Waals surface area contributed by atoms with Crippen LogP contribution >= 0.6 is 0 Å². The number of nitro groups is 1. The summed E-state index contributed by atoms with van der Waals surface area (Å²) in [7, 11) is 0. The molecule has 6 nitrogen and oxygen atoms in total. The molecular formula is C20H24FN3O3. The SMILES string of the molecule is CC(C)(C)CC(C)(C)c1ccc(O)c(N=Nc2ccc(F)cc2[N+](=O)[O-])c1. The summed E-state index contributed by atoms with van der Waals surface area (Å²) in [4.78, 5) is 10.3. The number of benzene rings is 2. The second-order valence-electron chi connectivity index (χ2n) is 8.41. The normalized spacial score (nSPS) is 12.5. The first-order valence-electron chi connectivity index (χ1n) is 8.58. The molecular weight excluding hydrogens is 349 g/mol. The minimum absolute atomic E-state index is 0.0832. The van der Waals surface area contributed by atoms with Crippen LogP contribution in [0.5, 0.6) is 5.75 Å². The Kier molecular flexibility index (Phi) is 5.63. The van der Waals surface area contributed by atoms with Gasteiger partial charge in [0.1, 0.15) is 17.3 Å². The Labute approximate surface area is 157 Å². The lowest BCUT2D eigenvalue weighted by atomic mass is 9.72. The fraction of sp³-hybridized carbons (Fsp3) is 0.400. The molecule has 0 heterocycles. The second kappa shape index (κ2) is 7.42. The van der Waals surface area contributed by atoms with Crippen LogP contribution in [0.2, 0.25) is 0 Å². The average Bonchev–Trinajstić information content (AvgIpc) is 2.52. The third-order valence-electron chi connectivity index (χ3n) is 4.13. The first-order chi connectivity index (χ1) is 12.4. The minimum Gasteiger partial charge on any atom is -0.506 e. The Morgan fingerprint density at radius 3 is 2.26 bits per heavy atom. The van der Waals surface area contributed by atoms with E-state index in [4.69, 9.17) is 0 Å². The number of phenols is 1. The second-order valence-corrected chi connectivity index (χ2v) is 8.41. The molecule has 1 N–H and O–H groups in total. The number of halogens is 1. The van der Waals surface area contributed by atoms with Crippen LogP contribution in [0.3, 0.4) is 0 Å². The lowest BCUT2D eigenvalue weighted by Crippen LogP contribution is -2.24. The molecule has 0 aliphatic carbocycles. The first kappa shape index (κ1) is 20.5. The number of hydrogen-bond acceptors (Lipinski definition) is 5. The molecule has 7 heteroatoms. The van der Waals surface area contributed by atoms with Gasteiger partial charge >= 0.3 is 0 Å². The summed E-state index contributed by atoms with van der Waals surface area (Å²) in [6, 6.07) is 8.14. The standard InChI is InChI=1S/C20H24FN3O3/c1-19(2,3)12-20(4,5)13-6-9-18(25)16(10-13)23-22-15-8-7-14(21)11-17(15)24(26)27/h6-11,25H,12H2,1-5H3. The molecule has 0 amide bonds. The number of phenolic OH excluding ortho intramolecular Hbond substituents is 1. The van der Waals surface area contributed by atoms with Gasteiger partial charge in [-0.15, -0.1) is 10.2 Å². The average molecular weight is 373 g/mol. The van der Waals surface area contributed by atoms with Crippen LogP contribution in [0.1, 0.15) is 46.6 Å². The maximum atomic E-state index is 13.2. The van der Waals surface area contributed by atoms with Gasteiger partial charge < -0.3 is 5.11 Å². The highest BCUT2D eigenvalue weighted by Gasteiger charge is 2.28. The van der Waals surface area contributed by atoms with Crippen molar-refractivity contribution in [2.24, 2.45) is 15.6 Å². The molecule has 2 aromatic carbocycles. The van der Waals surface area contributed by atoms with Crippen molar-refractivity contribution in [2.45, 2.75) is 46.5 Å². The third kappa shape index (κ3) is 5.32. The molecule has 0 saturated carbocycles. The zero-order valence-electron chi connectivity index (χ0n) is 16.2. The van der Waals surface area contributed by atoms with Crippen molar-refractivity contribution in [2.75, 3.05) is 0 Å². The lowest BCUT2D eigenvalue weighted by molar-refractivity contribution is -0.384. The summed E-state index contributed by atoms with van der Waals surface area (Å²) in [6.07, 6.45) is 0.908. The molecule has 0 saturated heterocycles. The number of aromatic hydroxyl groups is 1. The van der Waals surface area contributed by atoms with Crippen LogP contribution in [0, 0.1) is 21.3 Å². The first-order valence-corrected chi connectivity index (χ1v) is 8.58. The Hall–Kier alpha value is -2.83. The van der Waals surface area contributed by atoms with Gasteiger partial charge in [0.25, 0.3) is 5.69 Å². The maximum Gasteiger partial charge on any atom is 0.299 e. The molecule has 0 spiro atoms. The van der Waals surface area contributed by atoms with E-state index < -0.39 is 16.4 Å². The van der Waals surface area contributed by atoms with Gasteiger partial charge in [-0.1, -0.05) is 40.7 Å². The zero-order valence-corrected chi connectivity index (χ0v) is 16.2. The van der Waals surface area contributed by atoms with Crippen LogP contribution in [0.15, 0.2) is 46.6 Å². The van der Waals surface area contributed by atoms with Crippen molar-refractivity contribution in [3.8, 4) is 5.75 Å². The highest BCUT2D eigenvalue weighted by atomic mass is 19.1. The minimum atomic E-state index is -0.727. The molecule has 2 aromatic rings. The number of nitro benzene ring substituents is 1. The molecule has 0 unspecified atom stereocenters. The van der Waals surface area contributed by atoms with Crippen LogP contribution in [-0.4, -0.2) is 10.0 Å². The quantitative estimate of drug-likeness (QED) is 0.365. The topological polar surface area (TPSA) is 88.1 Å². The van der Waals surface area contributed by atoms with Crippen molar-refractivity contribution in [1.82, 2.24) is 0 Å². The molecule has 0 aliphatic rings. The predicted octanol–water partition coefficient (Wildman–Crippen LogP) is 6.57. The monoisotopic (exact) mass is 373 g/mol. The van der Waals surface area contributed by atoms with Crippen molar-refractivity contribution >= 4 is 17.1 Å². The van der Waals surface area contributed by atoms with Gasteiger partial charge in [-0.05, 0) is 47.1 Å². The smallest absolute Gasteiger partial charge is 0.299 e. The largest absolute Gasteiger partial charge is 0.506 e. The highest BCUT2D eigenvalue weighted by Crippen LogP contribution is 2.40. The molecule has 0 aliphatic heterocycles. The van der Waals surface area contributed by atoms with Gasteiger partial charge in [0.05, 0.1) is 11.0 Å².